The molecule has 2 aliphatic heterocycles. The van der Waals surface area contributed by atoms with Crippen molar-refractivity contribution in [2.24, 2.45) is 0 Å². The molecule has 0 aromatic heterocycles. The lowest BCUT2D eigenvalue weighted by Gasteiger charge is -2.22. The Morgan fingerprint density at radius 3 is 2.56 bits per heavy atom. The molecule has 32 heavy (non-hydrogen) atoms. The summed E-state index contributed by atoms with van der Waals surface area (Å²) in [7, 11) is 0. The summed E-state index contributed by atoms with van der Waals surface area (Å²) < 4.78 is 15.5. The van der Waals surface area contributed by atoms with Crippen molar-refractivity contribution in [1.82, 2.24) is 10.2 Å². The summed E-state index contributed by atoms with van der Waals surface area (Å²) in [6.07, 6.45) is 0. The highest BCUT2D eigenvalue weighted by atomic mass is 16.7. The van der Waals surface area contributed by atoms with Gasteiger partial charge in [-0.2, -0.15) is 0 Å². The molecule has 0 radical (unpaired) electrons. The quantitative estimate of drug-likeness (QED) is 0.521. The zero-order valence-corrected chi connectivity index (χ0v) is 17.5. The van der Waals surface area contributed by atoms with Crippen LogP contribution in [0.3, 0.4) is 0 Å². The molecule has 0 bridgehead atoms. The van der Waals surface area contributed by atoms with Crippen molar-refractivity contribution in [2.45, 2.75) is 19.4 Å². The molecule has 10 heteroatoms. The number of anilines is 1. The van der Waals surface area contributed by atoms with Gasteiger partial charge in [0.05, 0.1) is 12.2 Å². The van der Waals surface area contributed by atoms with Gasteiger partial charge in [-0.05, 0) is 55.8 Å². The Bertz CT molecular complexity index is 1100. The Morgan fingerprint density at radius 2 is 1.84 bits per heavy atom. The second kappa shape index (κ2) is 8.22. The Hall–Kier alpha value is -4.08. The SMILES string of the molecule is CCOC(=O)c1ccc(NC(=O)CN2C(=O)N[C@](C)(c3ccc4c(c3)OCO4)C2=O)cc1. The molecule has 2 aromatic rings. The molecule has 1 saturated heterocycles. The fourth-order valence-corrected chi connectivity index (χ4v) is 3.49. The molecule has 2 N–H and O–H groups in total. The highest BCUT2D eigenvalue weighted by molar-refractivity contribution is 6.10. The van der Waals surface area contributed by atoms with Gasteiger partial charge in [-0.25, -0.2) is 9.59 Å². The van der Waals surface area contributed by atoms with E-state index in [1.165, 1.54) is 24.3 Å². The molecule has 4 rings (SSSR count). The van der Waals surface area contributed by atoms with Crippen LogP contribution in [0.4, 0.5) is 10.5 Å². The number of amides is 4. The maximum Gasteiger partial charge on any atom is 0.338 e. The Labute approximate surface area is 183 Å². The highest BCUT2D eigenvalue weighted by Gasteiger charge is 2.49. The number of carbonyl (C=O) groups excluding carboxylic acids is 4. The van der Waals surface area contributed by atoms with Crippen LogP contribution in [-0.2, 0) is 19.9 Å². The number of hydrogen-bond acceptors (Lipinski definition) is 7. The monoisotopic (exact) mass is 439 g/mol. The molecular formula is C22H21N3O7. The summed E-state index contributed by atoms with van der Waals surface area (Å²) in [5.74, 6) is -0.554. The average molecular weight is 439 g/mol. The summed E-state index contributed by atoms with van der Waals surface area (Å²) in [5.41, 5.74) is -0.0794. The molecular weight excluding hydrogens is 418 g/mol. The molecule has 2 aromatic carbocycles. The average Bonchev–Trinajstić information content (AvgIpc) is 3.33. The van der Waals surface area contributed by atoms with E-state index in [4.69, 9.17) is 14.2 Å². The number of carbonyl (C=O) groups is 4. The van der Waals surface area contributed by atoms with Crippen molar-refractivity contribution in [3.63, 3.8) is 0 Å². The van der Waals surface area contributed by atoms with E-state index in [9.17, 15) is 19.2 Å². The van der Waals surface area contributed by atoms with Gasteiger partial charge in [-0.3, -0.25) is 14.5 Å². The van der Waals surface area contributed by atoms with Crippen LogP contribution in [0.1, 0.15) is 29.8 Å². The normalized spacial score (nSPS) is 19.0. The lowest BCUT2D eigenvalue weighted by atomic mass is 9.91. The largest absolute Gasteiger partial charge is 0.462 e. The van der Waals surface area contributed by atoms with Gasteiger partial charge in [0, 0.05) is 5.69 Å². The van der Waals surface area contributed by atoms with Crippen molar-refractivity contribution in [3.8, 4) is 11.5 Å². The Kier molecular flexibility index (Phi) is 5.43. The number of nitrogens with zero attached hydrogens (tertiary/aromatic N) is 1. The van der Waals surface area contributed by atoms with Crippen LogP contribution in [0, 0.1) is 0 Å². The van der Waals surface area contributed by atoms with Gasteiger partial charge in [0.15, 0.2) is 11.5 Å². The number of benzene rings is 2. The minimum absolute atomic E-state index is 0.0862. The number of ether oxygens (including phenoxy) is 3. The predicted molar refractivity (Wildman–Crippen MR) is 111 cm³/mol. The van der Waals surface area contributed by atoms with E-state index in [0.717, 1.165) is 4.90 Å². The van der Waals surface area contributed by atoms with Crippen LogP contribution in [0.5, 0.6) is 11.5 Å². The van der Waals surface area contributed by atoms with Crippen molar-refractivity contribution >= 4 is 29.5 Å². The predicted octanol–water partition coefficient (Wildman–Crippen LogP) is 2.00. The van der Waals surface area contributed by atoms with Gasteiger partial charge < -0.3 is 24.8 Å². The topological polar surface area (TPSA) is 123 Å². The summed E-state index contributed by atoms with van der Waals surface area (Å²) in [5, 5.41) is 5.26. The second-order valence-electron chi connectivity index (χ2n) is 7.36. The fourth-order valence-electron chi connectivity index (χ4n) is 3.49. The first-order valence-corrected chi connectivity index (χ1v) is 9.93. The van der Waals surface area contributed by atoms with Crippen molar-refractivity contribution in [1.29, 1.82) is 0 Å². The van der Waals surface area contributed by atoms with E-state index in [1.54, 1.807) is 32.0 Å². The molecule has 4 amide bonds. The van der Waals surface area contributed by atoms with Crippen molar-refractivity contribution in [3.05, 3.63) is 53.6 Å². The lowest BCUT2D eigenvalue weighted by Crippen LogP contribution is -2.42. The summed E-state index contributed by atoms with van der Waals surface area (Å²) in [6.45, 7) is 3.15. The number of hydrogen-bond donors (Lipinski definition) is 2. The third-order valence-electron chi connectivity index (χ3n) is 5.21. The standard InChI is InChI=1S/C22H21N3O7/c1-3-30-19(27)13-4-7-15(8-5-13)23-18(26)11-25-20(28)22(2,24-21(25)29)14-6-9-16-17(10-14)32-12-31-16/h4-10H,3,11-12H2,1-2H3,(H,23,26)(H,24,29)/t22-/m1/s1. The van der Waals surface area contributed by atoms with Crippen LogP contribution < -0.4 is 20.1 Å². The maximum atomic E-state index is 13.0. The van der Waals surface area contributed by atoms with Crippen LogP contribution in [0.25, 0.3) is 0 Å². The first kappa shape index (κ1) is 21.2. The number of fused-ring (bicyclic) bond motifs is 1. The van der Waals surface area contributed by atoms with E-state index in [0.29, 0.717) is 28.3 Å². The molecule has 0 aliphatic carbocycles. The molecule has 1 fully saturated rings. The Morgan fingerprint density at radius 1 is 1.12 bits per heavy atom. The fraction of sp³-hybridized carbons (Fsp3) is 0.273. The lowest BCUT2D eigenvalue weighted by molar-refractivity contribution is -0.133. The summed E-state index contributed by atoms with van der Waals surface area (Å²) >= 11 is 0. The number of esters is 1. The highest BCUT2D eigenvalue weighted by Crippen LogP contribution is 2.37. The molecule has 2 aliphatic rings. The van der Waals surface area contributed by atoms with Crippen LogP contribution in [0.15, 0.2) is 42.5 Å². The van der Waals surface area contributed by atoms with Crippen LogP contribution in [0.2, 0.25) is 0 Å². The zero-order valence-electron chi connectivity index (χ0n) is 17.5. The Balaban J connectivity index is 1.43. The van der Waals surface area contributed by atoms with Crippen LogP contribution >= 0.6 is 0 Å². The van der Waals surface area contributed by atoms with Gasteiger partial charge >= 0.3 is 12.0 Å². The summed E-state index contributed by atoms with van der Waals surface area (Å²) in [6, 6.07) is 10.4. The van der Waals surface area contributed by atoms with Gasteiger partial charge in [-0.15, -0.1) is 0 Å². The molecule has 2 heterocycles. The van der Waals surface area contributed by atoms with E-state index in [-0.39, 0.29) is 13.4 Å². The van der Waals surface area contributed by atoms with Gasteiger partial charge in [-0.1, -0.05) is 6.07 Å². The third-order valence-corrected chi connectivity index (χ3v) is 5.21. The summed E-state index contributed by atoms with van der Waals surface area (Å²) in [4.78, 5) is 50.6. The molecule has 1 atom stereocenters. The number of imide groups is 1. The minimum Gasteiger partial charge on any atom is -0.462 e. The zero-order chi connectivity index (χ0) is 22.9. The third kappa shape index (κ3) is 3.82. The van der Waals surface area contributed by atoms with E-state index in [1.807, 2.05) is 0 Å². The molecule has 0 spiro atoms. The van der Waals surface area contributed by atoms with E-state index < -0.39 is 35.9 Å². The van der Waals surface area contributed by atoms with Crippen LogP contribution in [-0.4, -0.2) is 48.7 Å². The number of urea groups is 1. The number of rotatable bonds is 6. The molecule has 10 nitrogen and oxygen atoms in total. The van der Waals surface area contributed by atoms with E-state index in [2.05, 4.69) is 10.6 Å². The second-order valence-corrected chi connectivity index (χ2v) is 7.36. The smallest absolute Gasteiger partial charge is 0.338 e. The molecule has 0 unspecified atom stereocenters. The molecule has 0 saturated carbocycles. The van der Waals surface area contributed by atoms with Gasteiger partial charge in [0.25, 0.3) is 5.91 Å². The first-order valence-electron chi connectivity index (χ1n) is 9.93. The van der Waals surface area contributed by atoms with Crippen molar-refractivity contribution in [2.75, 3.05) is 25.3 Å². The van der Waals surface area contributed by atoms with E-state index >= 15 is 0 Å². The minimum atomic E-state index is -1.35. The number of nitrogens with one attached hydrogen (secondary N) is 2. The van der Waals surface area contributed by atoms with Gasteiger partial charge in [0.2, 0.25) is 12.7 Å². The van der Waals surface area contributed by atoms with Gasteiger partial charge in [0.1, 0.15) is 12.1 Å². The molecule has 166 valence electrons. The van der Waals surface area contributed by atoms with Crippen molar-refractivity contribution < 1.29 is 33.4 Å². The first-order chi connectivity index (χ1) is 15.3. The maximum absolute atomic E-state index is 13.0.